The Labute approximate surface area is 170 Å². The van der Waals surface area contributed by atoms with E-state index in [-0.39, 0.29) is 6.09 Å². The molecule has 1 aliphatic rings. The molecule has 0 saturated carbocycles. The standard InChI is InChI=1S/C22H26N2O5/c1-22(2,3)29-21(26)24-13-12-23(17-8-6-7-9-18(17)24)15-10-11-16(20(25)28-5)19(14-15)27-4/h6-11,14H,12-13H2,1-5H3. The Balaban J connectivity index is 1.97. The van der Waals surface area contributed by atoms with Crippen molar-refractivity contribution in [1.29, 1.82) is 0 Å². The van der Waals surface area contributed by atoms with Gasteiger partial charge in [0.25, 0.3) is 0 Å². The van der Waals surface area contributed by atoms with Crippen molar-refractivity contribution >= 4 is 29.1 Å². The van der Waals surface area contributed by atoms with Gasteiger partial charge >= 0.3 is 12.1 Å². The van der Waals surface area contributed by atoms with Crippen LogP contribution >= 0.6 is 0 Å². The minimum absolute atomic E-state index is 0.361. The highest BCUT2D eigenvalue weighted by molar-refractivity contribution is 5.96. The third-order valence-corrected chi connectivity index (χ3v) is 4.53. The lowest BCUT2D eigenvalue weighted by atomic mass is 10.1. The van der Waals surface area contributed by atoms with Crippen LogP contribution in [0.1, 0.15) is 31.1 Å². The molecule has 0 radical (unpaired) electrons. The van der Waals surface area contributed by atoms with Crippen LogP contribution < -0.4 is 14.5 Å². The molecule has 3 rings (SSSR count). The molecular weight excluding hydrogens is 372 g/mol. The number of para-hydroxylation sites is 2. The molecule has 1 amide bonds. The van der Waals surface area contributed by atoms with Gasteiger partial charge in [0, 0.05) is 24.8 Å². The molecule has 7 nitrogen and oxygen atoms in total. The van der Waals surface area contributed by atoms with E-state index in [0.29, 0.717) is 24.4 Å². The van der Waals surface area contributed by atoms with E-state index in [4.69, 9.17) is 14.2 Å². The number of carbonyl (C=O) groups is 2. The van der Waals surface area contributed by atoms with Crippen LogP contribution in [0.5, 0.6) is 5.75 Å². The van der Waals surface area contributed by atoms with E-state index in [9.17, 15) is 9.59 Å². The zero-order chi connectivity index (χ0) is 21.2. The fourth-order valence-electron chi connectivity index (χ4n) is 3.26. The maximum absolute atomic E-state index is 12.7. The number of rotatable bonds is 3. The Morgan fingerprint density at radius 1 is 0.966 bits per heavy atom. The number of methoxy groups -OCH3 is 2. The van der Waals surface area contributed by atoms with Crippen LogP contribution in [0.25, 0.3) is 0 Å². The van der Waals surface area contributed by atoms with Gasteiger partial charge < -0.3 is 19.1 Å². The average Bonchev–Trinajstić information content (AvgIpc) is 2.70. The molecular formula is C22H26N2O5. The first-order valence-electron chi connectivity index (χ1n) is 9.38. The minimum atomic E-state index is -0.569. The van der Waals surface area contributed by atoms with E-state index >= 15 is 0 Å². The van der Waals surface area contributed by atoms with Gasteiger partial charge in [-0.15, -0.1) is 0 Å². The normalized spacial score (nSPS) is 13.6. The molecule has 0 unspecified atom stereocenters. The first-order valence-corrected chi connectivity index (χ1v) is 9.38. The molecule has 0 spiro atoms. The quantitative estimate of drug-likeness (QED) is 0.715. The highest BCUT2D eigenvalue weighted by Gasteiger charge is 2.31. The molecule has 0 aliphatic carbocycles. The monoisotopic (exact) mass is 398 g/mol. The van der Waals surface area contributed by atoms with E-state index in [2.05, 4.69) is 4.90 Å². The van der Waals surface area contributed by atoms with Crippen molar-refractivity contribution in [3.05, 3.63) is 48.0 Å². The van der Waals surface area contributed by atoms with Gasteiger partial charge in [-0.25, -0.2) is 9.59 Å². The van der Waals surface area contributed by atoms with Gasteiger partial charge in [-0.2, -0.15) is 0 Å². The second-order valence-electron chi connectivity index (χ2n) is 7.65. The van der Waals surface area contributed by atoms with Crippen molar-refractivity contribution in [3.63, 3.8) is 0 Å². The molecule has 2 aromatic rings. The third kappa shape index (κ3) is 4.29. The first-order chi connectivity index (χ1) is 13.7. The molecule has 2 aromatic carbocycles. The van der Waals surface area contributed by atoms with Gasteiger partial charge in [-0.05, 0) is 45.0 Å². The summed E-state index contributed by atoms with van der Waals surface area (Å²) >= 11 is 0. The second kappa shape index (κ2) is 8.03. The Hall–Kier alpha value is -3.22. The molecule has 154 valence electrons. The fourth-order valence-corrected chi connectivity index (χ4v) is 3.26. The van der Waals surface area contributed by atoms with Crippen LogP contribution in [0.4, 0.5) is 21.9 Å². The van der Waals surface area contributed by atoms with E-state index in [1.165, 1.54) is 14.2 Å². The number of nitrogens with zero attached hydrogens (tertiary/aromatic N) is 2. The highest BCUT2D eigenvalue weighted by Crippen LogP contribution is 2.39. The van der Waals surface area contributed by atoms with Gasteiger partial charge in [0.2, 0.25) is 0 Å². The minimum Gasteiger partial charge on any atom is -0.496 e. The predicted molar refractivity (Wildman–Crippen MR) is 111 cm³/mol. The van der Waals surface area contributed by atoms with Gasteiger partial charge in [0.1, 0.15) is 16.9 Å². The molecule has 1 aliphatic heterocycles. The molecule has 0 saturated heterocycles. The molecule has 0 fully saturated rings. The largest absolute Gasteiger partial charge is 0.496 e. The van der Waals surface area contributed by atoms with Crippen LogP contribution in [0.2, 0.25) is 0 Å². The second-order valence-corrected chi connectivity index (χ2v) is 7.65. The predicted octanol–water partition coefficient (Wildman–Crippen LogP) is 4.38. The van der Waals surface area contributed by atoms with E-state index in [0.717, 1.165) is 17.1 Å². The third-order valence-electron chi connectivity index (χ3n) is 4.53. The Morgan fingerprint density at radius 3 is 2.28 bits per heavy atom. The zero-order valence-electron chi connectivity index (χ0n) is 17.4. The molecule has 0 atom stereocenters. The summed E-state index contributed by atoms with van der Waals surface area (Å²) in [6.07, 6.45) is -0.372. The summed E-state index contributed by atoms with van der Waals surface area (Å²) in [5.41, 5.74) is 2.28. The Kier molecular flexibility index (Phi) is 5.68. The molecule has 29 heavy (non-hydrogen) atoms. The van der Waals surface area contributed by atoms with Crippen molar-refractivity contribution in [3.8, 4) is 5.75 Å². The molecule has 1 heterocycles. The first kappa shape index (κ1) is 20.5. The number of anilines is 3. The summed E-state index contributed by atoms with van der Waals surface area (Å²) in [6, 6.07) is 13.0. The van der Waals surface area contributed by atoms with Gasteiger partial charge in [-0.3, -0.25) is 4.90 Å². The summed E-state index contributed by atoms with van der Waals surface area (Å²) in [6.45, 7) is 6.58. The lowest BCUT2D eigenvalue weighted by Gasteiger charge is -2.38. The van der Waals surface area contributed by atoms with Gasteiger partial charge in [0.05, 0.1) is 25.6 Å². The van der Waals surface area contributed by atoms with Crippen molar-refractivity contribution in [2.75, 3.05) is 37.1 Å². The van der Waals surface area contributed by atoms with Crippen molar-refractivity contribution in [1.82, 2.24) is 0 Å². The van der Waals surface area contributed by atoms with E-state index in [1.807, 2.05) is 51.1 Å². The number of benzene rings is 2. The summed E-state index contributed by atoms with van der Waals surface area (Å²) in [5, 5.41) is 0. The molecule has 7 heteroatoms. The van der Waals surface area contributed by atoms with Crippen molar-refractivity contribution in [2.45, 2.75) is 26.4 Å². The number of carbonyl (C=O) groups excluding carboxylic acids is 2. The molecule has 0 N–H and O–H groups in total. The molecule has 0 bridgehead atoms. The Bertz CT molecular complexity index is 920. The highest BCUT2D eigenvalue weighted by atomic mass is 16.6. The maximum atomic E-state index is 12.7. The number of fused-ring (bicyclic) bond motifs is 1. The number of esters is 1. The van der Waals surface area contributed by atoms with Crippen molar-refractivity contribution < 1.29 is 23.8 Å². The zero-order valence-corrected chi connectivity index (χ0v) is 17.4. The van der Waals surface area contributed by atoms with Crippen LogP contribution in [0.15, 0.2) is 42.5 Å². The van der Waals surface area contributed by atoms with Crippen LogP contribution in [-0.2, 0) is 9.47 Å². The van der Waals surface area contributed by atoms with Crippen LogP contribution in [0.3, 0.4) is 0 Å². The summed E-state index contributed by atoms with van der Waals surface area (Å²) in [5.74, 6) is -0.0232. The fraction of sp³-hybridized carbons (Fsp3) is 0.364. The summed E-state index contributed by atoms with van der Waals surface area (Å²) in [4.78, 5) is 28.4. The van der Waals surface area contributed by atoms with Crippen molar-refractivity contribution in [2.24, 2.45) is 0 Å². The van der Waals surface area contributed by atoms with Crippen LogP contribution in [0, 0.1) is 0 Å². The number of amides is 1. The number of hydrogen-bond donors (Lipinski definition) is 0. The average molecular weight is 398 g/mol. The summed E-state index contributed by atoms with van der Waals surface area (Å²) < 4.78 is 15.8. The topological polar surface area (TPSA) is 68.3 Å². The maximum Gasteiger partial charge on any atom is 0.414 e. The lowest BCUT2D eigenvalue weighted by Crippen LogP contribution is -2.44. The van der Waals surface area contributed by atoms with E-state index in [1.54, 1.807) is 17.0 Å². The smallest absolute Gasteiger partial charge is 0.414 e. The molecule has 0 aromatic heterocycles. The number of ether oxygens (including phenoxy) is 3. The van der Waals surface area contributed by atoms with Crippen LogP contribution in [-0.4, -0.2) is 45.0 Å². The van der Waals surface area contributed by atoms with E-state index < -0.39 is 11.6 Å². The van der Waals surface area contributed by atoms with Gasteiger partial charge in [-0.1, -0.05) is 12.1 Å². The summed E-state index contributed by atoms with van der Waals surface area (Å²) in [7, 11) is 2.85. The van der Waals surface area contributed by atoms with Gasteiger partial charge in [0.15, 0.2) is 0 Å². The Morgan fingerprint density at radius 2 is 1.66 bits per heavy atom. The lowest BCUT2D eigenvalue weighted by molar-refractivity contribution is 0.0575. The SMILES string of the molecule is COC(=O)c1ccc(N2CCN(C(=O)OC(C)(C)C)c3ccccc32)cc1OC. The number of hydrogen-bond acceptors (Lipinski definition) is 6.